The summed E-state index contributed by atoms with van der Waals surface area (Å²) in [5, 5.41) is 11.4. The van der Waals surface area contributed by atoms with Gasteiger partial charge in [-0.1, -0.05) is 23.1 Å². The van der Waals surface area contributed by atoms with Crippen LogP contribution in [0.25, 0.3) is 0 Å². The maximum absolute atomic E-state index is 12.0. The Morgan fingerprint density at radius 1 is 1.52 bits per heavy atom. The van der Waals surface area contributed by atoms with Crippen molar-refractivity contribution in [1.29, 1.82) is 0 Å². The van der Waals surface area contributed by atoms with Crippen LogP contribution in [0.15, 0.2) is 16.0 Å². The number of hydrogen-bond donors (Lipinski definition) is 2. The summed E-state index contributed by atoms with van der Waals surface area (Å²) in [6, 6.07) is 1.23. The van der Waals surface area contributed by atoms with E-state index < -0.39 is 5.25 Å². The van der Waals surface area contributed by atoms with Gasteiger partial charge in [0.15, 0.2) is 5.16 Å². The topological polar surface area (TPSA) is 110 Å². The number of hydrogen-bond acceptors (Lipinski definition) is 8. The lowest BCUT2D eigenvalue weighted by molar-refractivity contribution is -0.115. The number of anilines is 1. The molecule has 2 N–H and O–H groups in total. The van der Waals surface area contributed by atoms with Crippen molar-refractivity contribution in [2.45, 2.75) is 24.3 Å². The third kappa shape index (κ3) is 4.26. The van der Waals surface area contributed by atoms with Crippen LogP contribution in [0.1, 0.15) is 11.9 Å². The number of aromatic nitrogens is 4. The number of nitrogens with zero attached hydrogens (tertiary/aromatic N) is 3. The number of aromatic amines is 1. The van der Waals surface area contributed by atoms with Crippen LogP contribution in [-0.2, 0) is 4.79 Å². The summed E-state index contributed by atoms with van der Waals surface area (Å²) in [5.41, 5.74) is -0.336. The number of carbonyl (C=O) groups excluding carboxylic acids is 1. The first-order valence-corrected chi connectivity index (χ1v) is 7.60. The number of carbonyl (C=O) groups is 1. The Kier molecular flexibility index (Phi) is 4.91. The molecule has 0 saturated carbocycles. The third-order valence-electron chi connectivity index (χ3n) is 2.32. The van der Waals surface area contributed by atoms with Crippen molar-refractivity contribution >= 4 is 34.1 Å². The molecule has 1 amide bonds. The Balaban J connectivity index is 2.03. The first-order valence-electron chi connectivity index (χ1n) is 5.91. The van der Waals surface area contributed by atoms with Gasteiger partial charge in [0, 0.05) is 0 Å². The highest BCUT2D eigenvalue weighted by atomic mass is 32.2. The van der Waals surface area contributed by atoms with Crippen molar-refractivity contribution in [3.8, 4) is 5.88 Å². The Labute approximate surface area is 128 Å². The van der Waals surface area contributed by atoms with E-state index in [2.05, 4.69) is 25.5 Å². The van der Waals surface area contributed by atoms with E-state index in [0.717, 1.165) is 16.8 Å². The van der Waals surface area contributed by atoms with Gasteiger partial charge < -0.3 is 9.72 Å². The van der Waals surface area contributed by atoms with E-state index in [1.54, 1.807) is 13.8 Å². The standard InChI is InChI=1S/C11H13N5O3S2/c1-5(9(18)14-11-16-15-6(2)21-11)20-10-12-7(17)4-8(13-10)19-3/h4-5H,1-3H3,(H,12,13,17)(H,14,16,18)/t5-/m0/s1. The summed E-state index contributed by atoms with van der Waals surface area (Å²) in [6.07, 6.45) is 0. The lowest BCUT2D eigenvalue weighted by atomic mass is 10.4. The molecular weight excluding hydrogens is 314 g/mol. The van der Waals surface area contributed by atoms with Gasteiger partial charge >= 0.3 is 0 Å². The Morgan fingerprint density at radius 3 is 2.90 bits per heavy atom. The molecule has 0 aliphatic heterocycles. The Bertz CT molecular complexity index is 699. The van der Waals surface area contributed by atoms with Crippen LogP contribution in [-0.4, -0.2) is 38.4 Å². The zero-order valence-electron chi connectivity index (χ0n) is 11.5. The monoisotopic (exact) mass is 327 g/mol. The first-order chi connectivity index (χ1) is 9.97. The highest BCUT2D eigenvalue weighted by molar-refractivity contribution is 8.00. The molecule has 0 saturated heterocycles. The minimum atomic E-state index is -0.468. The molecule has 0 aliphatic carbocycles. The predicted molar refractivity (Wildman–Crippen MR) is 80.0 cm³/mol. The number of nitrogens with one attached hydrogen (secondary N) is 2. The van der Waals surface area contributed by atoms with E-state index in [1.165, 1.54) is 24.5 Å². The molecule has 21 heavy (non-hydrogen) atoms. The molecule has 2 rings (SSSR count). The molecule has 0 radical (unpaired) electrons. The number of H-pyrrole nitrogens is 1. The van der Waals surface area contributed by atoms with E-state index in [1.807, 2.05) is 0 Å². The normalized spacial score (nSPS) is 12.0. The van der Waals surface area contributed by atoms with Crippen LogP contribution in [0.4, 0.5) is 5.13 Å². The first kappa shape index (κ1) is 15.4. The fourth-order valence-electron chi connectivity index (χ4n) is 1.35. The van der Waals surface area contributed by atoms with E-state index in [9.17, 15) is 9.59 Å². The van der Waals surface area contributed by atoms with Crippen LogP contribution in [0, 0.1) is 6.92 Å². The number of thioether (sulfide) groups is 1. The summed E-state index contributed by atoms with van der Waals surface area (Å²) in [4.78, 5) is 30.0. The molecule has 2 heterocycles. The van der Waals surface area contributed by atoms with Gasteiger partial charge in [-0.05, 0) is 13.8 Å². The second-order valence-electron chi connectivity index (χ2n) is 3.97. The van der Waals surface area contributed by atoms with Crippen molar-refractivity contribution < 1.29 is 9.53 Å². The molecule has 0 aromatic carbocycles. The molecule has 0 aliphatic rings. The molecule has 2 aromatic rings. The van der Waals surface area contributed by atoms with E-state index >= 15 is 0 Å². The van der Waals surface area contributed by atoms with Crippen LogP contribution in [0.5, 0.6) is 5.88 Å². The zero-order valence-corrected chi connectivity index (χ0v) is 13.2. The largest absolute Gasteiger partial charge is 0.481 e. The molecule has 0 unspecified atom stereocenters. The fraction of sp³-hybridized carbons (Fsp3) is 0.364. The highest BCUT2D eigenvalue weighted by Gasteiger charge is 2.18. The summed E-state index contributed by atoms with van der Waals surface area (Å²) in [7, 11) is 1.42. The zero-order chi connectivity index (χ0) is 15.4. The molecule has 0 fully saturated rings. The van der Waals surface area contributed by atoms with Gasteiger partial charge in [-0.15, -0.1) is 10.2 Å². The van der Waals surface area contributed by atoms with Gasteiger partial charge in [-0.2, -0.15) is 4.98 Å². The SMILES string of the molecule is COc1cc(=O)[nH]c(S[C@@H](C)C(=O)Nc2nnc(C)s2)n1. The van der Waals surface area contributed by atoms with Crippen LogP contribution in [0.2, 0.25) is 0 Å². The summed E-state index contributed by atoms with van der Waals surface area (Å²) in [6.45, 7) is 3.50. The molecular formula is C11H13N5O3S2. The Morgan fingerprint density at radius 2 is 2.29 bits per heavy atom. The summed E-state index contributed by atoms with van der Waals surface area (Å²) >= 11 is 2.41. The van der Waals surface area contributed by atoms with Crippen LogP contribution >= 0.6 is 23.1 Å². The van der Waals surface area contributed by atoms with E-state index in [4.69, 9.17) is 4.74 Å². The molecule has 112 valence electrons. The fourth-order valence-corrected chi connectivity index (χ4v) is 2.75. The number of amides is 1. The van der Waals surface area contributed by atoms with Crippen molar-refractivity contribution in [3.05, 3.63) is 21.4 Å². The Hall–Kier alpha value is -1.94. The van der Waals surface area contributed by atoms with Gasteiger partial charge in [0.05, 0.1) is 18.4 Å². The maximum Gasteiger partial charge on any atom is 0.255 e. The number of methoxy groups -OCH3 is 1. The lowest BCUT2D eigenvalue weighted by Gasteiger charge is -2.09. The van der Waals surface area contributed by atoms with Crippen molar-refractivity contribution in [3.63, 3.8) is 0 Å². The molecule has 0 spiro atoms. The van der Waals surface area contributed by atoms with Crippen molar-refractivity contribution in [1.82, 2.24) is 20.2 Å². The number of aryl methyl sites for hydroxylation is 1. The van der Waals surface area contributed by atoms with Crippen LogP contribution < -0.4 is 15.6 Å². The van der Waals surface area contributed by atoms with E-state index in [-0.39, 0.29) is 17.3 Å². The smallest absolute Gasteiger partial charge is 0.255 e. The highest BCUT2D eigenvalue weighted by Crippen LogP contribution is 2.22. The van der Waals surface area contributed by atoms with E-state index in [0.29, 0.717) is 10.3 Å². The molecule has 10 heteroatoms. The summed E-state index contributed by atoms with van der Waals surface area (Å²) in [5.74, 6) is -0.0461. The molecule has 8 nitrogen and oxygen atoms in total. The maximum atomic E-state index is 12.0. The van der Waals surface area contributed by atoms with Gasteiger partial charge in [-0.25, -0.2) is 0 Å². The van der Waals surface area contributed by atoms with Gasteiger partial charge in [0.25, 0.3) is 5.56 Å². The van der Waals surface area contributed by atoms with Crippen molar-refractivity contribution in [2.75, 3.05) is 12.4 Å². The van der Waals surface area contributed by atoms with Gasteiger partial charge in [0.1, 0.15) is 5.01 Å². The second kappa shape index (κ2) is 6.68. The van der Waals surface area contributed by atoms with Crippen LogP contribution in [0.3, 0.4) is 0 Å². The average Bonchev–Trinajstić information content (AvgIpc) is 2.83. The number of rotatable bonds is 5. The molecule has 1 atom stereocenters. The third-order valence-corrected chi connectivity index (χ3v) is 4.06. The minimum absolute atomic E-state index is 0.202. The second-order valence-corrected chi connectivity index (χ2v) is 6.48. The van der Waals surface area contributed by atoms with Gasteiger partial charge in [0.2, 0.25) is 16.9 Å². The number of ether oxygens (including phenoxy) is 1. The van der Waals surface area contributed by atoms with Gasteiger partial charge in [-0.3, -0.25) is 14.9 Å². The average molecular weight is 327 g/mol. The summed E-state index contributed by atoms with van der Waals surface area (Å²) < 4.78 is 4.91. The minimum Gasteiger partial charge on any atom is -0.481 e. The predicted octanol–water partition coefficient (Wildman–Crippen LogP) is 1.06. The lowest BCUT2D eigenvalue weighted by Crippen LogP contribution is -2.23. The van der Waals surface area contributed by atoms with Crippen molar-refractivity contribution in [2.24, 2.45) is 0 Å². The molecule has 2 aromatic heterocycles. The quantitative estimate of drug-likeness (QED) is 0.624. The molecule has 0 bridgehead atoms.